The van der Waals surface area contributed by atoms with E-state index in [0.29, 0.717) is 28.5 Å². The Morgan fingerprint density at radius 2 is 1.50 bits per heavy atom. The normalized spacial score (nSPS) is 10.0. The molecule has 0 radical (unpaired) electrons. The van der Waals surface area contributed by atoms with Crippen molar-refractivity contribution < 1.29 is 23.8 Å². The van der Waals surface area contributed by atoms with Crippen LogP contribution in [0.4, 0.5) is 5.69 Å². The van der Waals surface area contributed by atoms with Crippen LogP contribution in [0.2, 0.25) is 0 Å². The molecule has 6 heteroatoms. The van der Waals surface area contributed by atoms with Crippen molar-refractivity contribution in [2.24, 2.45) is 0 Å². The molecule has 6 nitrogen and oxygen atoms in total. The molecule has 0 bridgehead atoms. The molecule has 3 aromatic carbocycles. The van der Waals surface area contributed by atoms with E-state index >= 15 is 0 Å². The van der Waals surface area contributed by atoms with Crippen molar-refractivity contribution in [2.45, 2.75) is 0 Å². The minimum absolute atomic E-state index is 0.335. The number of amides is 1. The molecule has 0 aromatic heterocycles. The molecule has 0 heterocycles. The summed E-state index contributed by atoms with van der Waals surface area (Å²) in [6, 6.07) is 22.7. The van der Waals surface area contributed by atoms with Crippen LogP contribution in [0, 0.1) is 0 Å². The van der Waals surface area contributed by atoms with E-state index in [0.717, 1.165) is 0 Å². The van der Waals surface area contributed by atoms with Gasteiger partial charge in [-0.15, -0.1) is 0 Å². The molecule has 3 rings (SSSR count). The summed E-state index contributed by atoms with van der Waals surface area (Å²) in [6.07, 6.45) is 0. The van der Waals surface area contributed by atoms with E-state index in [4.69, 9.17) is 14.2 Å². The van der Waals surface area contributed by atoms with E-state index in [-0.39, 0.29) is 0 Å². The average molecular weight is 377 g/mol. The Morgan fingerprint density at radius 3 is 2.21 bits per heavy atom. The summed E-state index contributed by atoms with van der Waals surface area (Å²) in [4.78, 5) is 24.2. The smallest absolute Gasteiger partial charge is 0.338 e. The van der Waals surface area contributed by atoms with E-state index in [1.54, 1.807) is 48.5 Å². The second-order valence-electron chi connectivity index (χ2n) is 5.76. The standard InChI is InChI=1S/C22H19NO5/c1-26-17-13-11-16(12-14-17)22(25)27-15-21(24)23-19-9-5-6-10-20(19)28-18-7-3-2-4-8-18/h2-14H,15H2,1H3,(H,23,24). The van der Waals surface area contributed by atoms with Gasteiger partial charge in [-0.3, -0.25) is 4.79 Å². The van der Waals surface area contributed by atoms with Crippen molar-refractivity contribution in [3.8, 4) is 17.2 Å². The number of rotatable bonds is 7. The van der Waals surface area contributed by atoms with Crippen LogP contribution in [-0.4, -0.2) is 25.6 Å². The molecule has 0 saturated carbocycles. The number of para-hydroxylation sites is 3. The van der Waals surface area contributed by atoms with E-state index < -0.39 is 18.5 Å². The Kier molecular flexibility index (Phi) is 6.25. The maximum atomic E-state index is 12.2. The zero-order valence-electron chi connectivity index (χ0n) is 15.3. The van der Waals surface area contributed by atoms with Crippen molar-refractivity contribution >= 4 is 17.6 Å². The minimum Gasteiger partial charge on any atom is -0.497 e. The Bertz CT molecular complexity index is 939. The number of carbonyl (C=O) groups is 2. The third kappa shape index (κ3) is 5.11. The number of benzene rings is 3. The number of hydrogen-bond acceptors (Lipinski definition) is 5. The van der Waals surface area contributed by atoms with Crippen molar-refractivity contribution in [1.29, 1.82) is 0 Å². The van der Waals surface area contributed by atoms with Crippen LogP contribution in [0.15, 0.2) is 78.9 Å². The fraction of sp³-hybridized carbons (Fsp3) is 0.0909. The number of nitrogens with one attached hydrogen (secondary N) is 1. The number of esters is 1. The highest BCUT2D eigenvalue weighted by molar-refractivity contribution is 5.96. The molecular formula is C22H19NO5. The lowest BCUT2D eigenvalue weighted by Crippen LogP contribution is -2.21. The molecule has 3 aromatic rings. The number of carbonyl (C=O) groups excluding carboxylic acids is 2. The van der Waals surface area contributed by atoms with Crippen molar-refractivity contribution in [3.63, 3.8) is 0 Å². The van der Waals surface area contributed by atoms with Gasteiger partial charge >= 0.3 is 5.97 Å². The summed E-state index contributed by atoms with van der Waals surface area (Å²) in [5.74, 6) is 0.709. The summed E-state index contributed by atoms with van der Waals surface area (Å²) in [5.41, 5.74) is 0.818. The van der Waals surface area contributed by atoms with Crippen LogP contribution in [0.1, 0.15) is 10.4 Å². The van der Waals surface area contributed by atoms with E-state index in [2.05, 4.69) is 5.32 Å². The van der Waals surface area contributed by atoms with Crippen LogP contribution in [0.3, 0.4) is 0 Å². The highest BCUT2D eigenvalue weighted by Gasteiger charge is 2.12. The van der Waals surface area contributed by atoms with E-state index in [1.165, 1.54) is 7.11 Å². The van der Waals surface area contributed by atoms with E-state index in [9.17, 15) is 9.59 Å². The molecule has 0 aliphatic rings. The van der Waals surface area contributed by atoms with Gasteiger partial charge in [0.15, 0.2) is 12.4 Å². The summed E-state index contributed by atoms with van der Waals surface area (Å²) in [5, 5.41) is 2.69. The lowest BCUT2D eigenvalue weighted by molar-refractivity contribution is -0.119. The molecule has 0 aliphatic carbocycles. The van der Waals surface area contributed by atoms with Crippen molar-refractivity contribution in [2.75, 3.05) is 19.0 Å². The molecule has 28 heavy (non-hydrogen) atoms. The zero-order chi connectivity index (χ0) is 19.8. The Balaban J connectivity index is 1.58. The number of anilines is 1. The largest absolute Gasteiger partial charge is 0.497 e. The van der Waals surface area contributed by atoms with E-state index in [1.807, 2.05) is 30.3 Å². The maximum Gasteiger partial charge on any atom is 0.338 e. The first-order chi connectivity index (χ1) is 13.7. The minimum atomic E-state index is -0.591. The number of hydrogen-bond donors (Lipinski definition) is 1. The lowest BCUT2D eigenvalue weighted by atomic mass is 10.2. The van der Waals surface area contributed by atoms with Crippen molar-refractivity contribution in [3.05, 3.63) is 84.4 Å². The van der Waals surface area contributed by atoms with Gasteiger partial charge in [-0.2, -0.15) is 0 Å². The molecule has 0 fully saturated rings. The first kappa shape index (κ1) is 19.0. The summed E-state index contributed by atoms with van der Waals surface area (Å²) in [6.45, 7) is -0.412. The molecular weight excluding hydrogens is 358 g/mol. The predicted molar refractivity (Wildman–Crippen MR) is 105 cm³/mol. The molecule has 1 N–H and O–H groups in total. The second-order valence-corrected chi connectivity index (χ2v) is 5.76. The number of methoxy groups -OCH3 is 1. The van der Waals surface area contributed by atoms with Crippen LogP contribution < -0.4 is 14.8 Å². The van der Waals surface area contributed by atoms with Gasteiger partial charge in [0, 0.05) is 0 Å². The Morgan fingerprint density at radius 1 is 0.821 bits per heavy atom. The highest BCUT2D eigenvalue weighted by atomic mass is 16.5. The molecule has 0 spiro atoms. The van der Waals surface area contributed by atoms with Gasteiger partial charge in [-0.1, -0.05) is 30.3 Å². The molecule has 142 valence electrons. The van der Waals surface area contributed by atoms with Gasteiger partial charge < -0.3 is 19.5 Å². The average Bonchev–Trinajstić information content (AvgIpc) is 2.74. The first-order valence-corrected chi connectivity index (χ1v) is 8.58. The molecule has 0 saturated heterocycles. The topological polar surface area (TPSA) is 73.9 Å². The first-order valence-electron chi connectivity index (χ1n) is 8.58. The molecule has 0 unspecified atom stereocenters. The van der Waals surface area contributed by atoms with Crippen LogP contribution >= 0.6 is 0 Å². The Hall–Kier alpha value is -3.80. The summed E-state index contributed by atoms with van der Waals surface area (Å²) < 4.78 is 15.9. The lowest BCUT2D eigenvalue weighted by Gasteiger charge is -2.12. The third-order valence-electron chi connectivity index (χ3n) is 3.79. The van der Waals surface area contributed by atoms with Crippen LogP contribution in [0.5, 0.6) is 17.2 Å². The second kappa shape index (κ2) is 9.23. The molecule has 0 aliphatic heterocycles. The Labute approximate surface area is 162 Å². The summed E-state index contributed by atoms with van der Waals surface area (Å²) in [7, 11) is 1.54. The highest BCUT2D eigenvalue weighted by Crippen LogP contribution is 2.29. The fourth-order valence-corrected chi connectivity index (χ4v) is 2.40. The quantitative estimate of drug-likeness (QED) is 0.622. The maximum absolute atomic E-state index is 12.2. The number of ether oxygens (including phenoxy) is 3. The van der Waals surface area contributed by atoms with Gasteiger partial charge in [-0.05, 0) is 48.5 Å². The molecule has 0 atom stereocenters. The fourth-order valence-electron chi connectivity index (χ4n) is 2.40. The van der Waals surface area contributed by atoms with Gasteiger partial charge in [0.1, 0.15) is 11.5 Å². The SMILES string of the molecule is COc1ccc(C(=O)OCC(=O)Nc2ccccc2Oc2ccccc2)cc1. The van der Waals surface area contributed by atoms with Crippen LogP contribution in [-0.2, 0) is 9.53 Å². The van der Waals surface area contributed by atoms with Gasteiger partial charge in [0.25, 0.3) is 5.91 Å². The van der Waals surface area contributed by atoms with Gasteiger partial charge in [0.05, 0.1) is 18.4 Å². The molecule has 1 amide bonds. The zero-order valence-corrected chi connectivity index (χ0v) is 15.3. The predicted octanol–water partition coefficient (Wildman–Crippen LogP) is 4.28. The summed E-state index contributed by atoms with van der Waals surface area (Å²) >= 11 is 0. The third-order valence-corrected chi connectivity index (χ3v) is 3.79. The van der Waals surface area contributed by atoms with Gasteiger partial charge in [0.2, 0.25) is 0 Å². The van der Waals surface area contributed by atoms with Crippen LogP contribution in [0.25, 0.3) is 0 Å². The van der Waals surface area contributed by atoms with Crippen molar-refractivity contribution in [1.82, 2.24) is 0 Å². The van der Waals surface area contributed by atoms with Gasteiger partial charge in [-0.25, -0.2) is 4.79 Å². The monoisotopic (exact) mass is 377 g/mol.